The van der Waals surface area contributed by atoms with Crippen molar-refractivity contribution in [3.63, 3.8) is 0 Å². The van der Waals surface area contributed by atoms with Gasteiger partial charge >= 0.3 is 0 Å². The van der Waals surface area contributed by atoms with E-state index in [4.69, 9.17) is 17.3 Å². The first-order chi connectivity index (χ1) is 8.24. The predicted molar refractivity (Wildman–Crippen MR) is 90.2 cm³/mol. The molecule has 0 aromatic heterocycles. The van der Waals surface area contributed by atoms with Crippen molar-refractivity contribution in [3.8, 4) is 0 Å². The molecule has 1 aliphatic rings. The van der Waals surface area contributed by atoms with Gasteiger partial charge in [0.05, 0.1) is 6.54 Å². The van der Waals surface area contributed by atoms with Crippen LogP contribution in [-0.2, 0) is 0 Å². The van der Waals surface area contributed by atoms with Crippen LogP contribution in [0.25, 0.3) is 0 Å². The van der Waals surface area contributed by atoms with Crippen LogP contribution in [0.15, 0.2) is 34.2 Å². The Kier molecular flexibility index (Phi) is 7.18. The van der Waals surface area contributed by atoms with Crippen molar-refractivity contribution in [2.75, 3.05) is 12.3 Å². The highest BCUT2D eigenvalue weighted by molar-refractivity contribution is 14.0. The molecule has 18 heavy (non-hydrogen) atoms. The highest BCUT2D eigenvalue weighted by atomic mass is 127. The van der Waals surface area contributed by atoms with E-state index in [1.165, 1.54) is 17.7 Å². The Hall–Kier alpha value is -0.140. The van der Waals surface area contributed by atoms with Crippen LogP contribution in [0.3, 0.4) is 0 Å². The molecule has 1 aromatic carbocycles. The van der Waals surface area contributed by atoms with Gasteiger partial charge in [-0.05, 0) is 37.1 Å². The van der Waals surface area contributed by atoms with Gasteiger partial charge < -0.3 is 11.1 Å². The molecule has 1 fully saturated rings. The van der Waals surface area contributed by atoms with Gasteiger partial charge in [-0.1, -0.05) is 11.6 Å². The molecule has 0 saturated heterocycles. The fourth-order valence-corrected chi connectivity index (χ4v) is 2.22. The Morgan fingerprint density at radius 3 is 2.67 bits per heavy atom. The smallest absolute Gasteiger partial charge is 0.188 e. The summed E-state index contributed by atoms with van der Waals surface area (Å²) in [7, 11) is 0. The molecule has 1 aliphatic carbocycles. The maximum atomic E-state index is 5.81. The summed E-state index contributed by atoms with van der Waals surface area (Å²) >= 11 is 7.57. The van der Waals surface area contributed by atoms with Gasteiger partial charge in [-0.25, -0.2) is 0 Å². The topological polar surface area (TPSA) is 50.4 Å². The molecule has 1 saturated carbocycles. The number of guanidine groups is 1. The molecule has 1 aromatic rings. The van der Waals surface area contributed by atoms with E-state index in [9.17, 15) is 0 Å². The summed E-state index contributed by atoms with van der Waals surface area (Å²) in [6.45, 7) is 0.735. The number of aliphatic imine (C=N–C) groups is 1. The largest absolute Gasteiger partial charge is 0.370 e. The van der Waals surface area contributed by atoms with Crippen molar-refractivity contribution < 1.29 is 0 Å². The minimum absolute atomic E-state index is 0. The lowest BCUT2D eigenvalue weighted by molar-refractivity contribution is 0.886. The Bertz CT molecular complexity index is 393. The number of halogens is 2. The van der Waals surface area contributed by atoms with E-state index in [2.05, 4.69) is 10.3 Å². The molecule has 2 rings (SSSR count). The van der Waals surface area contributed by atoms with Crippen LogP contribution >= 0.6 is 47.3 Å². The first kappa shape index (κ1) is 15.9. The van der Waals surface area contributed by atoms with Gasteiger partial charge in [-0.3, -0.25) is 4.99 Å². The lowest BCUT2D eigenvalue weighted by atomic mass is 10.4. The van der Waals surface area contributed by atoms with Gasteiger partial charge in [0, 0.05) is 21.7 Å². The fourth-order valence-electron chi connectivity index (χ4n) is 1.34. The molecule has 0 atom stereocenters. The zero-order valence-corrected chi connectivity index (χ0v) is 13.8. The molecular formula is C12H17ClIN3S. The summed E-state index contributed by atoms with van der Waals surface area (Å²) in [5, 5.41) is 3.93. The van der Waals surface area contributed by atoms with Crippen molar-refractivity contribution in [2.45, 2.75) is 23.8 Å². The number of thioether (sulfide) groups is 1. The van der Waals surface area contributed by atoms with Gasteiger partial charge in [0.25, 0.3) is 0 Å². The second kappa shape index (κ2) is 8.12. The average Bonchev–Trinajstić information content (AvgIpc) is 3.11. The first-order valence-electron chi connectivity index (χ1n) is 5.69. The molecular weight excluding hydrogens is 381 g/mol. The molecule has 0 amide bonds. The fraction of sp³-hybridized carbons (Fsp3) is 0.417. The quantitative estimate of drug-likeness (QED) is 0.264. The predicted octanol–water partition coefficient (Wildman–Crippen LogP) is 3.12. The normalized spacial score (nSPS) is 15.1. The highest BCUT2D eigenvalue weighted by Gasteiger charge is 2.21. The molecule has 100 valence electrons. The number of benzene rings is 1. The molecule has 3 nitrogen and oxygen atoms in total. The van der Waals surface area contributed by atoms with Crippen molar-refractivity contribution in [1.82, 2.24) is 5.32 Å². The molecule has 0 unspecified atom stereocenters. The van der Waals surface area contributed by atoms with E-state index >= 15 is 0 Å². The second-order valence-corrected chi connectivity index (χ2v) is 5.59. The number of rotatable bonds is 5. The van der Waals surface area contributed by atoms with E-state index in [1.807, 2.05) is 24.3 Å². The molecule has 6 heteroatoms. The Labute approximate surface area is 134 Å². The molecule has 0 bridgehead atoms. The van der Waals surface area contributed by atoms with Crippen LogP contribution in [-0.4, -0.2) is 24.3 Å². The van der Waals surface area contributed by atoms with Crippen LogP contribution in [0.4, 0.5) is 0 Å². The monoisotopic (exact) mass is 397 g/mol. The molecule has 0 spiro atoms. The van der Waals surface area contributed by atoms with Crippen molar-refractivity contribution >= 4 is 53.3 Å². The van der Waals surface area contributed by atoms with Gasteiger partial charge in [0.2, 0.25) is 0 Å². The van der Waals surface area contributed by atoms with Gasteiger partial charge in [-0.15, -0.1) is 35.7 Å². The van der Waals surface area contributed by atoms with E-state index in [0.29, 0.717) is 12.0 Å². The van der Waals surface area contributed by atoms with Crippen LogP contribution in [0, 0.1) is 0 Å². The minimum Gasteiger partial charge on any atom is -0.370 e. The summed E-state index contributed by atoms with van der Waals surface area (Å²) in [6, 6.07) is 8.40. The van der Waals surface area contributed by atoms with Crippen LogP contribution in [0.2, 0.25) is 5.02 Å². The van der Waals surface area contributed by atoms with Gasteiger partial charge in [0.1, 0.15) is 0 Å². The summed E-state index contributed by atoms with van der Waals surface area (Å²) in [4.78, 5) is 5.48. The van der Waals surface area contributed by atoms with Crippen LogP contribution < -0.4 is 11.1 Å². The standard InChI is InChI=1S/C12H16ClN3S.HI/c13-9-1-5-11(6-2-9)17-8-7-15-12(14)16-10-3-4-10;/h1-2,5-6,10H,3-4,7-8H2,(H3,14,15,16);1H. The zero-order valence-electron chi connectivity index (χ0n) is 9.93. The Morgan fingerprint density at radius 1 is 1.39 bits per heavy atom. The van der Waals surface area contributed by atoms with Gasteiger partial charge in [0.15, 0.2) is 5.96 Å². The third-order valence-corrected chi connectivity index (χ3v) is 3.63. The summed E-state index contributed by atoms with van der Waals surface area (Å²) in [6.07, 6.45) is 2.44. The second-order valence-electron chi connectivity index (χ2n) is 3.99. The summed E-state index contributed by atoms with van der Waals surface area (Å²) in [5.41, 5.74) is 5.73. The number of nitrogens with zero attached hydrogens (tertiary/aromatic N) is 1. The number of nitrogens with one attached hydrogen (secondary N) is 1. The SMILES string of the molecule is I.NC(=NCCSc1ccc(Cl)cc1)NC1CC1. The molecule has 0 aliphatic heterocycles. The van der Waals surface area contributed by atoms with Crippen molar-refractivity contribution in [2.24, 2.45) is 10.7 Å². The number of hydrogen-bond donors (Lipinski definition) is 2. The third kappa shape index (κ3) is 6.15. The zero-order chi connectivity index (χ0) is 12.1. The molecule has 0 radical (unpaired) electrons. The van der Waals surface area contributed by atoms with Crippen LogP contribution in [0.1, 0.15) is 12.8 Å². The van der Waals surface area contributed by atoms with Crippen LogP contribution in [0.5, 0.6) is 0 Å². The van der Waals surface area contributed by atoms with Gasteiger partial charge in [-0.2, -0.15) is 0 Å². The first-order valence-corrected chi connectivity index (χ1v) is 7.05. The summed E-state index contributed by atoms with van der Waals surface area (Å²) in [5.74, 6) is 1.50. The molecule has 3 N–H and O–H groups in total. The molecule has 0 heterocycles. The maximum absolute atomic E-state index is 5.81. The Morgan fingerprint density at radius 2 is 2.06 bits per heavy atom. The lowest BCUT2D eigenvalue weighted by Crippen LogP contribution is -2.33. The van der Waals surface area contributed by atoms with E-state index in [1.54, 1.807) is 11.8 Å². The maximum Gasteiger partial charge on any atom is 0.188 e. The number of hydrogen-bond acceptors (Lipinski definition) is 2. The summed E-state index contributed by atoms with van der Waals surface area (Å²) < 4.78 is 0. The van der Waals surface area contributed by atoms with E-state index in [-0.39, 0.29) is 24.0 Å². The van der Waals surface area contributed by atoms with Crippen molar-refractivity contribution in [1.29, 1.82) is 0 Å². The number of nitrogens with two attached hydrogens (primary N) is 1. The highest BCUT2D eigenvalue weighted by Crippen LogP contribution is 2.20. The third-order valence-electron chi connectivity index (χ3n) is 2.39. The van der Waals surface area contributed by atoms with Crippen molar-refractivity contribution in [3.05, 3.63) is 29.3 Å². The van der Waals surface area contributed by atoms with E-state index < -0.39 is 0 Å². The average molecular weight is 398 g/mol. The minimum atomic E-state index is 0. The Balaban J connectivity index is 0.00000162. The lowest BCUT2D eigenvalue weighted by Gasteiger charge is -2.03. The van der Waals surface area contributed by atoms with E-state index in [0.717, 1.165) is 17.3 Å².